The number of rotatable bonds is 21. The van der Waals surface area contributed by atoms with Crippen LogP contribution >= 0.6 is 0 Å². The minimum absolute atomic E-state index is 0.00385. The SMILES string of the molecule is CN(C)CCC(CN)c1coc(-c2ccc(F)cc2)n1.Cc1nc(CCCC(=O)NCC(CCN(C)C)c2coc(-c3ccc(F)cc3)n2)no1.Cc1nc(CCCC(=O)O)no1. The van der Waals surface area contributed by atoms with Crippen LogP contribution in [0.25, 0.3) is 22.9 Å². The van der Waals surface area contributed by atoms with Crippen molar-refractivity contribution in [2.75, 3.05) is 54.4 Å². The number of aryl methyl sites for hydroxylation is 4. The van der Waals surface area contributed by atoms with Crippen molar-refractivity contribution in [2.45, 2.75) is 77.0 Å². The molecule has 6 aromatic rings. The Morgan fingerprint density at radius 1 is 0.698 bits per heavy atom. The minimum Gasteiger partial charge on any atom is -0.481 e. The van der Waals surface area contributed by atoms with E-state index in [-0.39, 0.29) is 35.8 Å². The zero-order chi connectivity index (χ0) is 45.7. The number of hydrogen-bond acceptors (Lipinski definition) is 15. The molecule has 4 aromatic heterocycles. The van der Waals surface area contributed by atoms with E-state index in [0.717, 1.165) is 42.9 Å². The molecule has 0 saturated heterocycles. The summed E-state index contributed by atoms with van der Waals surface area (Å²) in [4.78, 5) is 43.8. The molecule has 17 nitrogen and oxygen atoms in total. The lowest BCUT2D eigenvalue weighted by molar-refractivity contribution is -0.137. The number of carboxylic acid groups (broad SMARTS) is 1. The van der Waals surface area contributed by atoms with E-state index in [2.05, 4.69) is 45.4 Å². The zero-order valence-electron chi connectivity index (χ0n) is 36.7. The van der Waals surface area contributed by atoms with E-state index >= 15 is 0 Å². The number of oxazole rings is 2. The minimum atomic E-state index is -0.796. The number of nitrogens with two attached hydrogens (primary N) is 1. The van der Waals surface area contributed by atoms with Crippen molar-refractivity contribution in [3.8, 4) is 22.9 Å². The predicted molar refractivity (Wildman–Crippen MR) is 229 cm³/mol. The molecular formula is C44H58F2N10O7. The molecule has 340 valence electrons. The quantitative estimate of drug-likeness (QED) is 0.0691. The summed E-state index contributed by atoms with van der Waals surface area (Å²) in [5, 5.41) is 18.8. The maximum Gasteiger partial charge on any atom is 0.303 e. The average Bonchev–Trinajstić information content (AvgIpc) is 4.09. The normalized spacial score (nSPS) is 12.0. The van der Waals surface area contributed by atoms with Crippen LogP contribution in [0.1, 0.15) is 85.2 Å². The summed E-state index contributed by atoms with van der Waals surface area (Å²) in [7, 11) is 8.06. The molecule has 4 heterocycles. The Bertz CT molecular complexity index is 2240. The van der Waals surface area contributed by atoms with Crippen LogP contribution in [-0.4, -0.2) is 111 Å². The standard InChI is InChI=1S/C22H28FN5O3.C15H20FN3O.C7H10N2O3/c1-15-25-20(27-31-15)5-4-6-21(29)24-13-17(11-12-28(2)3)19-14-30-22(26-19)16-7-9-18(23)10-8-16;1-19(2)8-7-12(9-17)14-10-20-15(18-14)11-3-5-13(16)6-4-11;1-5-8-6(9-12-5)3-2-4-7(10)11/h7-10,14,17H,4-6,11-13H2,1-3H3,(H,24,29);3-6,10,12H,7-9,17H2,1-2H3;2-4H2,1H3,(H,10,11). The summed E-state index contributed by atoms with van der Waals surface area (Å²) in [6, 6.07) is 12.1. The van der Waals surface area contributed by atoms with Gasteiger partial charge in [0.1, 0.15) is 24.2 Å². The zero-order valence-corrected chi connectivity index (χ0v) is 36.7. The Balaban J connectivity index is 0.000000232. The fraction of sp³-hybridized carbons (Fsp3) is 0.455. The molecule has 0 aliphatic heterocycles. The van der Waals surface area contributed by atoms with Crippen molar-refractivity contribution in [3.63, 3.8) is 0 Å². The second kappa shape index (κ2) is 25.7. The van der Waals surface area contributed by atoms with Crippen molar-refractivity contribution >= 4 is 11.9 Å². The number of nitrogens with zero attached hydrogens (tertiary/aromatic N) is 8. The first-order chi connectivity index (χ1) is 30.2. The molecule has 0 radical (unpaired) electrons. The third-order valence-electron chi connectivity index (χ3n) is 9.48. The molecule has 0 fully saturated rings. The number of hydrogen-bond donors (Lipinski definition) is 3. The Morgan fingerprint density at radius 3 is 1.56 bits per heavy atom. The summed E-state index contributed by atoms with van der Waals surface area (Å²) in [6.45, 7) is 6.22. The number of benzene rings is 2. The van der Waals surface area contributed by atoms with Crippen LogP contribution in [-0.2, 0) is 22.4 Å². The van der Waals surface area contributed by atoms with Gasteiger partial charge in [0.2, 0.25) is 29.5 Å². The summed E-state index contributed by atoms with van der Waals surface area (Å²) < 4.78 is 46.8. The summed E-state index contributed by atoms with van der Waals surface area (Å²) >= 11 is 0. The van der Waals surface area contributed by atoms with E-state index in [4.69, 9.17) is 28.7 Å². The first-order valence-corrected chi connectivity index (χ1v) is 20.7. The molecule has 2 atom stereocenters. The molecule has 4 N–H and O–H groups in total. The number of carbonyl (C=O) groups is 2. The largest absolute Gasteiger partial charge is 0.481 e. The molecule has 0 saturated carbocycles. The van der Waals surface area contributed by atoms with Gasteiger partial charge < -0.3 is 43.8 Å². The highest BCUT2D eigenvalue weighted by Gasteiger charge is 2.19. The number of halogens is 2. The van der Waals surface area contributed by atoms with E-state index in [1.165, 1.54) is 24.3 Å². The Hall–Kier alpha value is -6.18. The number of nitrogens with one attached hydrogen (secondary N) is 1. The van der Waals surface area contributed by atoms with Crippen LogP contribution < -0.4 is 11.1 Å². The first kappa shape index (κ1) is 49.5. The molecule has 6 rings (SSSR count). The maximum atomic E-state index is 13.2. The van der Waals surface area contributed by atoms with Crippen molar-refractivity contribution in [1.82, 2.24) is 45.4 Å². The highest BCUT2D eigenvalue weighted by Crippen LogP contribution is 2.26. The molecule has 0 spiro atoms. The van der Waals surface area contributed by atoms with Gasteiger partial charge >= 0.3 is 5.97 Å². The lowest BCUT2D eigenvalue weighted by Gasteiger charge is -2.18. The summed E-state index contributed by atoms with van der Waals surface area (Å²) in [6.07, 6.45) is 7.88. The molecule has 2 unspecified atom stereocenters. The first-order valence-electron chi connectivity index (χ1n) is 20.7. The summed E-state index contributed by atoms with van der Waals surface area (Å²) in [5.41, 5.74) is 8.90. The molecule has 19 heteroatoms. The Labute approximate surface area is 365 Å². The van der Waals surface area contributed by atoms with Gasteiger partial charge in [-0.2, -0.15) is 9.97 Å². The van der Waals surface area contributed by atoms with Gasteiger partial charge in [-0.05, 0) is 115 Å². The van der Waals surface area contributed by atoms with Crippen LogP contribution in [0.4, 0.5) is 8.78 Å². The van der Waals surface area contributed by atoms with Crippen molar-refractivity contribution in [1.29, 1.82) is 0 Å². The van der Waals surface area contributed by atoms with E-state index in [1.54, 1.807) is 50.6 Å². The van der Waals surface area contributed by atoms with Crippen LogP contribution in [0.3, 0.4) is 0 Å². The summed E-state index contributed by atoms with van der Waals surface area (Å²) in [5.74, 6) is 1.94. The van der Waals surface area contributed by atoms with Gasteiger partial charge in [-0.15, -0.1) is 0 Å². The van der Waals surface area contributed by atoms with Crippen LogP contribution in [0.5, 0.6) is 0 Å². The second-order valence-corrected chi connectivity index (χ2v) is 15.3. The van der Waals surface area contributed by atoms with Gasteiger partial charge in [0.15, 0.2) is 11.6 Å². The number of carboxylic acids is 1. The maximum absolute atomic E-state index is 13.2. The monoisotopic (exact) mass is 876 g/mol. The van der Waals surface area contributed by atoms with Gasteiger partial charge in [-0.25, -0.2) is 18.7 Å². The molecule has 0 aliphatic rings. The second-order valence-electron chi connectivity index (χ2n) is 15.3. The third kappa shape index (κ3) is 18.0. The fourth-order valence-electron chi connectivity index (χ4n) is 5.98. The van der Waals surface area contributed by atoms with Crippen molar-refractivity contribution in [2.24, 2.45) is 5.73 Å². The van der Waals surface area contributed by atoms with E-state index in [1.807, 2.05) is 28.2 Å². The Kier molecular flexibility index (Phi) is 20.2. The molecule has 0 aliphatic carbocycles. The van der Waals surface area contributed by atoms with Crippen LogP contribution in [0, 0.1) is 25.5 Å². The number of aliphatic carboxylic acids is 1. The fourth-order valence-corrected chi connectivity index (χ4v) is 5.98. The topological polar surface area (TPSA) is 229 Å². The van der Waals surface area contributed by atoms with Gasteiger partial charge in [0.25, 0.3) is 0 Å². The molecule has 63 heavy (non-hydrogen) atoms. The van der Waals surface area contributed by atoms with Gasteiger partial charge in [-0.1, -0.05) is 10.3 Å². The molecule has 1 amide bonds. The van der Waals surface area contributed by atoms with Crippen LogP contribution in [0.15, 0.2) is 78.9 Å². The smallest absolute Gasteiger partial charge is 0.303 e. The lowest BCUT2D eigenvalue weighted by atomic mass is 10.0. The van der Waals surface area contributed by atoms with Gasteiger partial charge in [-0.3, -0.25) is 9.59 Å². The van der Waals surface area contributed by atoms with Gasteiger partial charge in [0, 0.05) is 75.6 Å². The highest BCUT2D eigenvalue weighted by molar-refractivity contribution is 5.75. The number of aromatic nitrogens is 6. The number of carbonyl (C=O) groups excluding carboxylic acids is 1. The predicted octanol–water partition coefficient (Wildman–Crippen LogP) is 6.61. The van der Waals surface area contributed by atoms with Crippen molar-refractivity contribution < 1.29 is 41.4 Å². The van der Waals surface area contributed by atoms with Gasteiger partial charge in [0.05, 0.1) is 11.4 Å². The van der Waals surface area contributed by atoms with Crippen molar-refractivity contribution in [3.05, 3.63) is 108 Å². The van der Waals surface area contributed by atoms with E-state index in [9.17, 15) is 18.4 Å². The average molecular weight is 877 g/mol. The highest BCUT2D eigenvalue weighted by atomic mass is 19.1. The van der Waals surface area contributed by atoms with Crippen LogP contribution in [0.2, 0.25) is 0 Å². The van der Waals surface area contributed by atoms with E-state index in [0.29, 0.717) is 86.0 Å². The lowest BCUT2D eigenvalue weighted by Crippen LogP contribution is -2.30. The number of amides is 1. The third-order valence-corrected chi connectivity index (χ3v) is 9.48. The molecular weight excluding hydrogens is 819 g/mol. The van der Waals surface area contributed by atoms with E-state index < -0.39 is 5.97 Å². The Morgan fingerprint density at radius 2 is 1.14 bits per heavy atom. The molecule has 2 aromatic carbocycles. The molecule has 0 bridgehead atoms.